The van der Waals surface area contributed by atoms with Crippen molar-refractivity contribution in [2.75, 3.05) is 0 Å². The van der Waals surface area contributed by atoms with E-state index in [1.807, 2.05) is 56.4 Å². The molecular weight excluding hydrogens is 380 g/mol. The molecule has 2 heterocycles. The van der Waals surface area contributed by atoms with Gasteiger partial charge in [0.05, 0.1) is 11.0 Å². The zero-order valence-electron chi connectivity index (χ0n) is 13.7. The highest BCUT2D eigenvalue weighted by molar-refractivity contribution is 9.10. The number of aromatic nitrogens is 2. The van der Waals surface area contributed by atoms with Crippen LogP contribution in [-0.2, 0) is 7.05 Å². The summed E-state index contributed by atoms with van der Waals surface area (Å²) in [6.45, 7) is 2.00. The van der Waals surface area contributed by atoms with E-state index in [1.165, 1.54) is 0 Å². The van der Waals surface area contributed by atoms with Gasteiger partial charge in [-0.1, -0.05) is 34.1 Å². The molecule has 2 aromatic heterocycles. The maximum absolute atomic E-state index is 10.5. The predicted molar refractivity (Wildman–Crippen MR) is 103 cm³/mol. The fourth-order valence-corrected chi connectivity index (χ4v) is 3.69. The van der Waals surface area contributed by atoms with E-state index < -0.39 is 0 Å². The fourth-order valence-electron chi connectivity index (χ4n) is 3.12. The van der Waals surface area contributed by atoms with Crippen LogP contribution in [0.2, 0.25) is 0 Å². The summed E-state index contributed by atoms with van der Waals surface area (Å²) in [7, 11) is 1.82. The van der Waals surface area contributed by atoms with E-state index in [2.05, 4.69) is 31.1 Å². The molecule has 0 saturated heterocycles. The second kappa shape index (κ2) is 5.97. The van der Waals surface area contributed by atoms with Crippen LogP contribution in [0.3, 0.4) is 0 Å². The lowest BCUT2D eigenvalue weighted by Gasteiger charge is -2.01. The van der Waals surface area contributed by atoms with Crippen LogP contribution in [0.4, 0.5) is 11.4 Å². The Morgan fingerprint density at radius 3 is 2.76 bits per heavy atom. The summed E-state index contributed by atoms with van der Waals surface area (Å²) in [5.41, 5.74) is 3.89. The van der Waals surface area contributed by atoms with Crippen molar-refractivity contribution in [1.82, 2.24) is 9.55 Å². The van der Waals surface area contributed by atoms with Gasteiger partial charge in [-0.05, 0) is 36.8 Å². The highest BCUT2D eigenvalue weighted by Gasteiger charge is 2.17. The highest BCUT2D eigenvalue weighted by atomic mass is 79.9. The first-order valence-corrected chi connectivity index (χ1v) is 8.58. The van der Waals surface area contributed by atoms with Crippen LogP contribution in [-0.4, -0.2) is 14.7 Å². The zero-order valence-corrected chi connectivity index (χ0v) is 15.3. The Morgan fingerprint density at radius 2 is 1.92 bits per heavy atom. The minimum atomic E-state index is 0.0909. The largest absolute Gasteiger partial charge is 0.493 e. The molecule has 2 aromatic carbocycles. The van der Waals surface area contributed by atoms with Crippen LogP contribution < -0.4 is 0 Å². The minimum absolute atomic E-state index is 0.0909. The molecular formula is C19H15BrN4O. The van der Waals surface area contributed by atoms with Gasteiger partial charge in [0.25, 0.3) is 0 Å². The molecule has 0 bridgehead atoms. The first-order valence-electron chi connectivity index (χ1n) is 7.79. The van der Waals surface area contributed by atoms with Crippen molar-refractivity contribution in [3.63, 3.8) is 0 Å². The van der Waals surface area contributed by atoms with Gasteiger partial charge in [-0.25, -0.2) is 0 Å². The van der Waals surface area contributed by atoms with Crippen LogP contribution in [0.1, 0.15) is 5.56 Å². The molecule has 0 aliphatic rings. The lowest BCUT2D eigenvalue weighted by molar-refractivity contribution is 0.436. The molecule has 0 radical (unpaired) electrons. The second-order valence-electron chi connectivity index (χ2n) is 5.90. The fraction of sp³-hybridized carbons (Fsp3) is 0.105. The SMILES string of the molecule is Cc1cc(Br)cc2c(N=Nc3cccc4cccnc34)c(O)n(C)c12. The van der Waals surface area contributed by atoms with E-state index in [0.29, 0.717) is 11.4 Å². The third kappa shape index (κ3) is 2.59. The summed E-state index contributed by atoms with van der Waals surface area (Å²) in [6.07, 6.45) is 1.73. The summed E-state index contributed by atoms with van der Waals surface area (Å²) in [5.74, 6) is 0.0909. The molecule has 4 aromatic rings. The number of halogens is 1. The number of hydrogen-bond acceptors (Lipinski definition) is 4. The lowest BCUT2D eigenvalue weighted by atomic mass is 10.1. The van der Waals surface area contributed by atoms with Crippen molar-refractivity contribution in [2.24, 2.45) is 17.3 Å². The number of benzene rings is 2. The molecule has 0 unspecified atom stereocenters. The molecule has 0 aliphatic heterocycles. The molecule has 0 saturated carbocycles. The summed E-state index contributed by atoms with van der Waals surface area (Å²) in [5, 5.41) is 21.1. The van der Waals surface area contributed by atoms with Gasteiger partial charge in [0.15, 0.2) is 5.69 Å². The molecule has 6 heteroatoms. The van der Waals surface area contributed by atoms with Crippen LogP contribution in [0, 0.1) is 6.92 Å². The predicted octanol–water partition coefficient (Wildman–Crippen LogP) is 5.92. The summed E-state index contributed by atoms with van der Waals surface area (Å²) in [6, 6.07) is 13.6. The minimum Gasteiger partial charge on any atom is -0.493 e. The molecule has 5 nitrogen and oxygen atoms in total. The topological polar surface area (TPSA) is 62.8 Å². The summed E-state index contributed by atoms with van der Waals surface area (Å²) >= 11 is 3.51. The number of pyridine rings is 1. The molecule has 25 heavy (non-hydrogen) atoms. The highest BCUT2D eigenvalue weighted by Crippen LogP contribution is 2.41. The maximum atomic E-state index is 10.5. The number of azo groups is 1. The Morgan fingerprint density at radius 1 is 1.12 bits per heavy atom. The smallest absolute Gasteiger partial charge is 0.220 e. The van der Waals surface area contributed by atoms with Crippen molar-refractivity contribution >= 4 is 49.1 Å². The number of rotatable bonds is 2. The van der Waals surface area contributed by atoms with Crippen LogP contribution in [0.5, 0.6) is 5.88 Å². The van der Waals surface area contributed by atoms with Gasteiger partial charge in [-0.3, -0.25) is 4.98 Å². The molecule has 1 N–H and O–H groups in total. The Kier molecular flexibility index (Phi) is 3.77. The van der Waals surface area contributed by atoms with Crippen molar-refractivity contribution in [3.8, 4) is 5.88 Å². The molecule has 0 atom stereocenters. The molecule has 0 fully saturated rings. The number of aromatic hydroxyl groups is 1. The van der Waals surface area contributed by atoms with E-state index in [9.17, 15) is 5.11 Å². The first kappa shape index (κ1) is 15.8. The Bertz CT molecular complexity index is 1140. The number of fused-ring (bicyclic) bond motifs is 2. The van der Waals surface area contributed by atoms with Crippen molar-refractivity contribution in [1.29, 1.82) is 0 Å². The van der Waals surface area contributed by atoms with E-state index in [0.717, 1.165) is 31.8 Å². The average molecular weight is 395 g/mol. The van der Waals surface area contributed by atoms with Gasteiger partial charge < -0.3 is 9.67 Å². The zero-order chi connectivity index (χ0) is 17.6. The number of aryl methyl sites for hydroxylation is 2. The van der Waals surface area contributed by atoms with Gasteiger partial charge in [0, 0.05) is 28.5 Å². The van der Waals surface area contributed by atoms with Gasteiger partial charge in [0.2, 0.25) is 5.88 Å². The van der Waals surface area contributed by atoms with Gasteiger partial charge in [-0.15, -0.1) is 10.2 Å². The normalized spacial score (nSPS) is 11.8. The molecule has 0 aliphatic carbocycles. The van der Waals surface area contributed by atoms with E-state index in [1.54, 1.807) is 10.8 Å². The standard InChI is InChI=1S/C19H15BrN4O/c1-11-9-13(20)10-14-17(19(25)24(2)18(11)14)23-22-15-7-3-5-12-6-4-8-21-16(12)15/h3-10,25H,1-2H3. The van der Waals surface area contributed by atoms with Crippen LogP contribution in [0.15, 0.2) is 63.4 Å². The monoisotopic (exact) mass is 394 g/mol. The van der Waals surface area contributed by atoms with Crippen molar-refractivity contribution < 1.29 is 5.11 Å². The van der Waals surface area contributed by atoms with Gasteiger partial charge in [0.1, 0.15) is 5.69 Å². The Labute approximate surface area is 152 Å². The number of hydrogen-bond donors (Lipinski definition) is 1. The Balaban J connectivity index is 1.91. The van der Waals surface area contributed by atoms with E-state index in [4.69, 9.17) is 0 Å². The maximum Gasteiger partial charge on any atom is 0.220 e. The Hall–Kier alpha value is -2.73. The number of para-hydroxylation sites is 1. The van der Waals surface area contributed by atoms with Gasteiger partial charge >= 0.3 is 0 Å². The molecule has 124 valence electrons. The second-order valence-corrected chi connectivity index (χ2v) is 6.82. The third-order valence-corrected chi connectivity index (χ3v) is 4.71. The quantitative estimate of drug-likeness (QED) is 0.429. The van der Waals surface area contributed by atoms with Crippen molar-refractivity contribution in [2.45, 2.75) is 6.92 Å². The van der Waals surface area contributed by atoms with Gasteiger partial charge in [-0.2, -0.15) is 0 Å². The number of nitrogens with zero attached hydrogens (tertiary/aromatic N) is 4. The van der Waals surface area contributed by atoms with E-state index >= 15 is 0 Å². The molecule has 4 rings (SSSR count). The van der Waals surface area contributed by atoms with Crippen LogP contribution in [0.25, 0.3) is 21.8 Å². The third-order valence-electron chi connectivity index (χ3n) is 4.25. The molecule has 0 spiro atoms. The average Bonchev–Trinajstić information content (AvgIpc) is 2.84. The summed E-state index contributed by atoms with van der Waals surface area (Å²) in [4.78, 5) is 4.38. The van der Waals surface area contributed by atoms with Crippen molar-refractivity contribution in [3.05, 3.63) is 58.7 Å². The van der Waals surface area contributed by atoms with E-state index in [-0.39, 0.29) is 5.88 Å². The summed E-state index contributed by atoms with van der Waals surface area (Å²) < 4.78 is 2.67. The molecule has 0 amide bonds. The first-order chi connectivity index (χ1) is 12.1. The van der Waals surface area contributed by atoms with Crippen LogP contribution >= 0.6 is 15.9 Å². The lowest BCUT2D eigenvalue weighted by Crippen LogP contribution is -1.88.